The molecule has 0 saturated carbocycles. The molecule has 0 bridgehead atoms. The highest BCUT2D eigenvalue weighted by Gasteiger charge is 2.50. The Morgan fingerprint density at radius 3 is 2.15 bits per heavy atom. The molecule has 0 amide bonds. The zero-order valence-electron chi connectivity index (χ0n) is 13.4. The van der Waals surface area contributed by atoms with Crippen LogP contribution in [0.5, 0.6) is 0 Å². The predicted octanol–water partition coefficient (Wildman–Crippen LogP) is -6.02. The first-order valence-electron chi connectivity index (χ1n) is 7.71. The molecule has 0 unspecified atom stereocenters. The minimum Gasteiger partial charge on any atom is -0.394 e. The quantitative estimate of drug-likeness (QED) is 0.147. The third kappa shape index (κ3) is 4.64. The Balaban J connectivity index is 2.07. The normalized spacial score (nSPS) is 47.1. The highest BCUT2D eigenvalue weighted by molar-refractivity contribution is 4.93. The fourth-order valence-corrected chi connectivity index (χ4v) is 2.71. The van der Waals surface area contributed by atoms with Gasteiger partial charge < -0.3 is 50.0 Å². The minimum atomic E-state index is -1.77. The van der Waals surface area contributed by atoms with Crippen molar-refractivity contribution >= 4 is 0 Å². The van der Waals surface area contributed by atoms with E-state index in [-0.39, 0.29) is 0 Å². The molecular formula is C12H23N2O12. The molecule has 153 valence electrons. The summed E-state index contributed by atoms with van der Waals surface area (Å²) in [4.78, 5) is 4.62. The van der Waals surface area contributed by atoms with Gasteiger partial charge in [0.25, 0.3) is 0 Å². The fourth-order valence-electron chi connectivity index (χ4n) is 2.71. The van der Waals surface area contributed by atoms with Gasteiger partial charge in [-0.3, -0.25) is 4.84 Å². The SMILES string of the molecule is [O]NNOC[C@H]1O[C@@H](O[C@H]2[C@H](O)[C@@H](O)[C@@H](O)O[C@@H]2CO)[C@H](O)[C@@H](O)[C@H]1O. The van der Waals surface area contributed by atoms with Crippen molar-refractivity contribution in [1.29, 1.82) is 0 Å². The standard InChI is InChI=1S/C12H23N2O12/c15-1-3-10(7(18)8(19)11(21)24-3)26-12-9(20)6(17)5(16)4(25-12)2-23-14-13-22/h3-21H,1-2H2/t3-,4-,5+,6+,7-,8-,9-,10-,11+,12+/m1/s1. The summed E-state index contributed by atoms with van der Waals surface area (Å²) in [6.07, 6.45) is -15.9. The summed E-state index contributed by atoms with van der Waals surface area (Å²) in [5.41, 5.74) is 2.95. The second kappa shape index (κ2) is 9.58. The molecule has 2 saturated heterocycles. The molecule has 26 heavy (non-hydrogen) atoms. The maximum Gasteiger partial charge on any atom is 0.187 e. The van der Waals surface area contributed by atoms with Crippen molar-refractivity contribution in [2.45, 2.75) is 61.4 Å². The molecule has 0 aromatic rings. The number of rotatable bonds is 7. The summed E-state index contributed by atoms with van der Waals surface area (Å²) in [5, 5.41) is 78.3. The van der Waals surface area contributed by atoms with Gasteiger partial charge in [0, 0.05) is 0 Å². The largest absolute Gasteiger partial charge is 0.394 e. The lowest BCUT2D eigenvalue weighted by molar-refractivity contribution is -0.357. The van der Waals surface area contributed by atoms with E-state index in [1.807, 2.05) is 0 Å². The Morgan fingerprint density at radius 1 is 0.846 bits per heavy atom. The topological polar surface area (TPSA) is 222 Å². The molecule has 1 radical (unpaired) electrons. The number of aliphatic hydroxyl groups is 7. The molecule has 14 heteroatoms. The second-order valence-corrected chi connectivity index (χ2v) is 5.86. The molecule has 14 nitrogen and oxygen atoms in total. The van der Waals surface area contributed by atoms with Gasteiger partial charge in [-0.05, 0) is 0 Å². The number of nitrogens with one attached hydrogen (secondary N) is 2. The van der Waals surface area contributed by atoms with E-state index in [9.17, 15) is 41.0 Å². The van der Waals surface area contributed by atoms with E-state index in [0.717, 1.165) is 0 Å². The minimum absolute atomic E-state index is 0.436. The highest BCUT2D eigenvalue weighted by Crippen LogP contribution is 2.28. The number of ether oxygens (including phenoxy) is 3. The van der Waals surface area contributed by atoms with E-state index in [0.29, 0.717) is 0 Å². The summed E-state index contributed by atoms with van der Waals surface area (Å²) in [5.74, 6) is 0. The van der Waals surface area contributed by atoms with Crippen molar-refractivity contribution in [3.63, 3.8) is 0 Å². The second-order valence-electron chi connectivity index (χ2n) is 5.86. The van der Waals surface area contributed by atoms with Crippen LogP contribution in [0.15, 0.2) is 0 Å². The maximum atomic E-state index is 10.0. The summed E-state index contributed by atoms with van der Waals surface area (Å²) in [6.45, 7) is -1.14. The van der Waals surface area contributed by atoms with Crippen LogP contribution in [0.25, 0.3) is 0 Å². The molecule has 0 aromatic carbocycles. The molecule has 2 fully saturated rings. The van der Waals surface area contributed by atoms with E-state index in [1.165, 1.54) is 5.59 Å². The van der Waals surface area contributed by atoms with Crippen LogP contribution in [-0.4, -0.2) is 110 Å². The lowest BCUT2D eigenvalue weighted by atomic mass is 9.97. The Labute approximate surface area is 147 Å². The first kappa shape index (κ1) is 21.7. The molecule has 10 atom stereocenters. The van der Waals surface area contributed by atoms with E-state index in [2.05, 4.69) is 4.84 Å². The van der Waals surface area contributed by atoms with E-state index in [4.69, 9.17) is 14.2 Å². The van der Waals surface area contributed by atoms with Crippen molar-refractivity contribution in [1.82, 2.24) is 11.2 Å². The van der Waals surface area contributed by atoms with Crippen molar-refractivity contribution in [3.05, 3.63) is 0 Å². The van der Waals surface area contributed by atoms with Gasteiger partial charge in [0.15, 0.2) is 12.6 Å². The molecule has 2 aliphatic heterocycles. The van der Waals surface area contributed by atoms with Crippen molar-refractivity contribution in [2.24, 2.45) is 0 Å². The van der Waals surface area contributed by atoms with Crippen LogP contribution in [0.4, 0.5) is 0 Å². The molecule has 0 aromatic heterocycles. The third-order valence-electron chi connectivity index (χ3n) is 4.16. The number of hydrazine groups is 1. The Hall–Kier alpha value is -0.560. The molecule has 0 spiro atoms. The van der Waals surface area contributed by atoms with Crippen LogP contribution in [0.3, 0.4) is 0 Å². The lowest BCUT2D eigenvalue weighted by Gasteiger charge is -2.45. The molecular weight excluding hydrogens is 364 g/mol. The number of hydrogen-bond acceptors (Lipinski definition) is 13. The van der Waals surface area contributed by atoms with Gasteiger partial charge in [-0.15, -0.1) is 10.8 Å². The molecule has 2 heterocycles. The van der Waals surface area contributed by atoms with Gasteiger partial charge in [-0.2, -0.15) is 0 Å². The van der Waals surface area contributed by atoms with Crippen LogP contribution in [0, 0.1) is 0 Å². The van der Waals surface area contributed by atoms with Gasteiger partial charge in [-0.1, -0.05) is 5.59 Å². The lowest BCUT2D eigenvalue weighted by Crippen LogP contribution is -2.64. The maximum absolute atomic E-state index is 10.0. The third-order valence-corrected chi connectivity index (χ3v) is 4.16. The fraction of sp³-hybridized carbons (Fsp3) is 1.00. The predicted molar refractivity (Wildman–Crippen MR) is 74.4 cm³/mol. The first-order chi connectivity index (χ1) is 12.3. The zero-order chi connectivity index (χ0) is 19.4. The average Bonchev–Trinajstić information content (AvgIpc) is 2.63. The van der Waals surface area contributed by atoms with Crippen LogP contribution >= 0.6 is 0 Å². The summed E-state index contributed by atoms with van der Waals surface area (Å²) in [6, 6.07) is 0. The number of hydrogen-bond donors (Lipinski definition) is 9. The first-order valence-corrected chi connectivity index (χ1v) is 7.71. The van der Waals surface area contributed by atoms with Gasteiger partial charge in [0.2, 0.25) is 0 Å². The van der Waals surface area contributed by atoms with Gasteiger partial charge in [0.1, 0.15) is 48.8 Å². The molecule has 9 N–H and O–H groups in total. The Morgan fingerprint density at radius 2 is 1.54 bits per heavy atom. The summed E-state index contributed by atoms with van der Waals surface area (Å²) < 4.78 is 15.5. The zero-order valence-corrected chi connectivity index (χ0v) is 13.4. The van der Waals surface area contributed by atoms with Gasteiger partial charge in [-0.25, -0.2) is 0 Å². The summed E-state index contributed by atoms with van der Waals surface area (Å²) >= 11 is 0. The van der Waals surface area contributed by atoms with Gasteiger partial charge >= 0.3 is 0 Å². The van der Waals surface area contributed by atoms with Crippen LogP contribution in [0.1, 0.15) is 0 Å². The highest BCUT2D eigenvalue weighted by atomic mass is 16.8. The van der Waals surface area contributed by atoms with E-state index >= 15 is 0 Å². The summed E-state index contributed by atoms with van der Waals surface area (Å²) in [7, 11) is 0. The number of aliphatic hydroxyl groups excluding tert-OH is 7. The van der Waals surface area contributed by atoms with Crippen LogP contribution < -0.4 is 11.2 Å². The van der Waals surface area contributed by atoms with E-state index in [1.54, 1.807) is 5.59 Å². The van der Waals surface area contributed by atoms with Crippen molar-refractivity contribution in [3.8, 4) is 0 Å². The smallest absolute Gasteiger partial charge is 0.187 e. The molecule has 2 rings (SSSR count). The van der Waals surface area contributed by atoms with Crippen LogP contribution in [-0.2, 0) is 24.3 Å². The van der Waals surface area contributed by atoms with E-state index < -0.39 is 74.6 Å². The van der Waals surface area contributed by atoms with Gasteiger partial charge in [0.05, 0.1) is 13.2 Å². The van der Waals surface area contributed by atoms with Crippen LogP contribution in [0.2, 0.25) is 0 Å². The van der Waals surface area contributed by atoms with Crippen molar-refractivity contribution in [2.75, 3.05) is 13.2 Å². The average molecular weight is 387 g/mol. The monoisotopic (exact) mass is 387 g/mol. The molecule has 2 aliphatic rings. The Bertz CT molecular complexity index is 431. The van der Waals surface area contributed by atoms with Crippen molar-refractivity contribution < 1.29 is 60.0 Å². The molecule has 0 aliphatic carbocycles. The Kier molecular flexibility index (Phi) is 8.01.